The Kier molecular flexibility index (Phi) is 5.94. The first-order chi connectivity index (χ1) is 14.7. The van der Waals surface area contributed by atoms with E-state index in [0.29, 0.717) is 31.1 Å². The first-order valence-corrected chi connectivity index (χ1v) is 9.80. The fourth-order valence-electron chi connectivity index (χ4n) is 3.06. The number of benzene rings is 2. The molecule has 0 unspecified atom stereocenters. The number of fused-ring (bicyclic) bond motifs is 1. The summed E-state index contributed by atoms with van der Waals surface area (Å²) < 4.78 is 13.4. The number of amides is 1. The Hall–Kier alpha value is -3.80. The molecule has 0 bridgehead atoms. The monoisotopic (exact) mass is 401 g/mol. The van der Waals surface area contributed by atoms with Crippen molar-refractivity contribution in [3.05, 3.63) is 95.9 Å². The summed E-state index contributed by atoms with van der Waals surface area (Å²) in [6.07, 6.45) is 3.98. The lowest BCUT2D eigenvalue weighted by Gasteiger charge is -2.09. The Morgan fingerprint density at radius 2 is 1.80 bits per heavy atom. The molecule has 4 rings (SSSR count). The summed E-state index contributed by atoms with van der Waals surface area (Å²) in [5, 5.41) is 2.86. The van der Waals surface area contributed by atoms with Crippen molar-refractivity contribution in [3.63, 3.8) is 0 Å². The quantitative estimate of drug-likeness (QED) is 0.453. The molecule has 2 aromatic heterocycles. The SMILES string of the molecule is Cc1ccc2nc(COc3cccc(C(=O)NCCOc4ccccc4)c3)cn2c1. The molecule has 0 aliphatic rings. The van der Waals surface area contributed by atoms with Crippen LogP contribution in [0, 0.1) is 6.92 Å². The first-order valence-electron chi connectivity index (χ1n) is 9.80. The van der Waals surface area contributed by atoms with Gasteiger partial charge in [0.05, 0.1) is 12.2 Å². The van der Waals surface area contributed by atoms with Crippen LogP contribution < -0.4 is 14.8 Å². The molecular weight excluding hydrogens is 378 g/mol. The maximum Gasteiger partial charge on any atom is 0.251 e. The number of ether oxygens (including phenoxy) is 2. The van der Waals surface area contributed by atoms with Crippen molar-refractivity contribution in [2.45, 2.75) is 13.5 Å². The number of nitrogens with zero attached hydrogens (tertiary/aromatic N) is 2. The van der Waals surface area contributed by atoms with Crippen molar-refractivity contribution in [1.29, 1.82) is 0 Å². The molecule has 0 atom stereocenters. The van der Waals surface area contributed by atoms with Gasteiger partial charge >= 0.3 is 0 Å². The molecule has 2 aromatic carbocycles. The number of imidazole rings is 1. The molecule has 152 valence electrons. The molecule has 6 heteroatoms. The number of rotatable bonds is 8. The molecule has 1 N–H and O–H groups in total. The van der Waals surface area contributed by atoms with Gasteiger partial charge in [0.1, 0.15) is 30.4 Å². The average molecular weight is 401 g/mol. The Bertz CT molecular complexity index is 1140. The van der Waals surface area contributed by atoms with Gasteiger partial charge < -0.3 is 19.2 Å². The van der Waals surface area contributed by atoms with Crippen LogP contribution in [0.15, 0.2) is 79.1 Å². The van der Waals surface area contributed by atoms with Gasteiger partial charge in [0.2, 0.25) is 0 Å². The lowest BCUT2D eigenvalue weighted by Crippen LogP contribution is -2.28. The first kappa shape index (κ1) is 19.5. The summed E-state index contributed by atoms with van der Waals surface area (Å²) in [7, 11) is 0. The fourth-order valence-corrected chi connectivity index (χ4v) is 3.06. The van der Waals surface area contributed by atoms with Gasteiger partial charge in [-0.15, -0.1) is 0 Å². The summed E-state index contributed by atoms with van der Waals surface area (Å²) in [5.74, 6) is 1.24. The second-order valence-electron chi connectivity index (χ2n) is 6.94. The van der Waals surface area contributed by atoms with Gasteiger partial charge in [-0.3, -0.25) is 4.79 Å². The van der Waals surface area contributed by atoms with E-state index >= 15 is 0 Å². The lowest BCUT2D eigenvalue weighted by molar-refractivity contribution is 0.0946. The number of nitrogens with one attached hydrogen (secondary N) is 1. The second-order valence-corrected chi connectivity index (χ2v) is 6.94. The normalized spacial score (nSPS) is 10.7. The van der Waals surface area contributed by atoms with Crippen LogP contribution in [0.1, 0.15) is 21.6 Å². The van der Waals surface area contributed by atoms with Gasteiger partial charge in [-0.1, -0.05) is 30.3 Å². The molecule has 0 aliphatic heterocycles. The number of aryl methyl sites for hydroxylation is 1. The highest BCUT2D eigenvalue weighted by Crippen LogP contribution is 2.16. The summed E-state index contributed by atoms with van der Waals surface area (Å²) in [6, 6.07) is 20.6. The Morgan fingerprint density at radius 1 is 0.967 bits per heavy atom. The topological polar surface area (TPSA) is 64.9 Å². The molecule has 4 aromatic rings. The van der Waals surface area contributed by atoms with Crippen LogP contribution in [0.25, 0.3) is 5.65 Å². The van der Waals surface area contributed by atoms with E-state index in [1.54, 1.807) is 18.2 Å². The highest BCUT2D eigenvalue weighted by atomic mass is 16.5. The standard InChI is InChI=1S/C24H23N3O3/c1-18-10-11-23-26-20(16-27(23)15-18)17-30-22-9-5-6-19(14-22)24(28)25-12-13-29-21-7-3-2-4-8-21/h2-11,14-16H,12-13,17H2,1H3,(H,25,28). The largest absolute Gasteiger partial charge is 0.492 e. The molecule has 1 amide bonds. The third kappa shape index (κ3) is 4.97. The van der Waals surface area contributed by atoms with Gasteiger partial charge in [0, 0.05) is 18.0 Å². The predicted octanol–water partition coefficient (Wildman–Crippen LogP) is 4.03. The van der Waals surface area contributed by atoms with Gasteiger partial charge in [0.25, 0.3) is 5.91 Å². The maximum atomic E-state index is 12.4. The smallest absolute Gasteiger partial charge is 0.251 e. The van der Waals surface area contributed by atoms with E-state index in [9.17, 15) is 4.79 Å². The van der Waals surface area contributed by atoms with E-state index in [2.05, 4.69) is 10.3 Å². The molecule has 0 fully saturated rings. The highest BCUT2D eigenvalue weighted by Gasteiger charge is 2.08. The molecule has 30 heavy (non-hydrogen) atoms. The summed E-state index contributed by atoms with van der Waals surface area (Å²) in [5.41, 5.74) is 3.41. The molecule has 0 spiro atoms. The molecule has 0 saturated carbocycles. The molecule has 0 saturated heterocycles. The van der Waals surface area contributed by atoms with Crippen molar-refractivity contribution >= 4 is 11.6 Å². The third-order valence-corrected chi connectivity index (χ3v) is 4.53. The summed E-state index contributed by atoms with van der Waals surface area (Å²) >= 11 is 0. The zero-order valence-electron chi connectivity index (χ0n) is 16.7. The predicted molar refractivity (Wildman–Crippen MR) is 115 cm³/mol. The number of para-hydroxylation sites is 1. The fraction of sp³-hybridized carbons (Fsp3) is 0.167. The van der Waals surface area contributed by atoms with E-state index in [4.69, 9.17) is 9.47 Å². The molecule has 0 aliphatic carbocycles. The van der Waals surface area contributed by atoms with E-state index in [1.807, 2.05) is 72.2 Å². The summed E-state index contributed by atoms with van der Waals surface area (Å²) in [4.78, 5) is 16.9. The number of pyridine rings is 1. The van der Waals surface area contributed by atoms with E-state index in [1.165, 1.54) is 5.56 Å². The van der Waals surface area contributed by atoms with Crippen LogP contribution in [0.2, 0.25) is 0 Å². The number of hydrogen-bond acceptors (Lipinski definition) is 4. The van der Waals surface area contributed by atoms with Crippen molar-refractivity contribution < 1.29 is 14.3 Å². The lowest BCUT2D eigenvalue weighted by atomic mass is 10.2. The van der Waals surface area contributed by atoms with Crippen LogP contribution >= 0.6 is 0 Å². The van der Waals surface area contributed by atoms with Crippen LogP contribution in [0.5, 0.6) is 11.5 Å². The average Bonchev–Trinajstić information content (AvgIpc) is 3.18. The van der Waals surface area contributed by atoms with Crippen LogP contribution in [0.3, 0.4) is 0 Å². The van der Waals surface area contributed by atoms with Crippen LogP contribution in [0.4, 0.5) is 0 Å². The molecule has 2 heterocycles. The van der Waals surface area contributed by atoms with Crippen molar-refractivity contribution in [3.8, 4) is 11.5 Å². The number of hydrogen-bond donors (Lipinski definition) is 1. The summed E-state index contributed by atoms with van der Waals surface area (Å²) in [6.45, 7) is 3.19. The minimum Gasteiger partial charge on any atom is -0.492 e. The minimum absolute atomic E-state index is 0.166. The van der Waals surface area contributed by atoms with Crippen LogP contribution in [-0.2, 0) is 6.61 Å². The third-order valence-electron chi connectivity index (χ3n) is 4.53. The number of carbonyl (C=O) groups excluding carboxylic acids is 1. The molecule has 6 nitrogen and oxygen atoms in total. The maximum absolute atomic E-state index is 12.4. The highest BCUT2D eigenvalue weighted by molar-refractivity contribution is 5.94. The zero-order valence-corrected chi connectivity index (χ0v) is 16.7. The van der Waals surface area contributed by atoms with Gasteiger partial charge in [-0.05, 0) is 48.9 Å². The number of aromatic nitrogens is 2. The second kappa shape index (κ2) is 9.13. The molecule has 0 radical (unpaired) electrons. The Balaban J connectivity index is 1.29. The Morgan fingerprint density at radius 3 is 2.67 bits per heavy atom. The zero-order chi connectivity index (χ0) is 20.8. The van der Waals surface area contributed by atoms with E-state index < -0.39 is 0 Å². The van der Waals surface area contributed by atoms with Gasteiger partial charge in [-0.25, -0.2) is 4.98 Å². The Labute approximate surface area is 175 Å². The number of carbonyl (C=O) groups is 1. The van der Waals surface area contributed by atoms with E-state index in [-0.39, 0.29) is 5.91 Å². The van der Waals surface area contributed by atoms with Crippen molar-refractivity contribution in [1.82, 2.24) is 14.7 Å². The van der Waals surface area contributed by atoms with Crippen molar-refractivity contribution in [2.75, 3.05) is 13.2 Å². The minimum atomic E-state index is -0.166. The van der Waals surface area contributed by atoms with Crippen LogP contribution in [-0.4, -0.2) is 28.4 Å². The van der Waals surface area contributed by atoms with Crippen molar-refractivity contribution in [2.24, 2.45) is 0 Å². The molecular formula is C24H23N3O3. The van der Waals surface area contributed by atoms with E-state index in [0.717, 1.165) is 17.1 Å². The van der Waals surface area contributed by atoms with Gasteiger partial charge in [0.15, 0.2) is 0 Å². The van der Waals surface area contributed by atoms with Gasteiger partial charge in [-0.2, -0.15) is 0 Å².